The van der Waals surface area contributed by atoms with E-state index >= 15 is 0 Å². The van der Waals surface area contributed by atoms with Crippen molar-refractivity contribution in [2.45, 2.75) is 18.6 Å². The van der Waals surface area contributed by atoms with Crippen molar-refractivity contribution < 1.29 is 14.3 Å². The van der Waals surface area contributed by atoms with E-state index in [0.717, 1.165) is 26.0 Å². The first-order valence-corrected chi connectivity index (χ1v) is 13.5. The van der Waals surface area contributed by atoms with Crippen LogP contribution in [0.5, 0.6) is 0 Å². The van der Waals surface area contributed by atoms with Crippen LogP contribution in [0.15, 0.2) is 76.9 Å². The number of aromatic nitrogens is 3. The Morgan fingerprint density at radius 1 is 1.14 bits per heavy atom. The fourth-order valence-corrected chi connectivity index (χ4v) is 5.77. The zero-order valence-corrected chi connectivity index (χ0v) is 22.9. The average molecular weight is 584 g/mol. The van der Waals surface area contributed by atoms with Crippen molar-refractivity contribution >= 4 is 55.9 Å². The lowest BCUT2D eigenvalue weighted by Gasteiger charge is -2.09. The van der Waals surface area contributed by atoms with Crippen molar-refractivity contribution in [1.82, 2.24) is 14.8 Å². The van der Waals surface area contributed by atoms with Crippen molar-refractivity contribution in [2.75, 3.05) is 18.2 Å². The van der Waals surface area contributed by atoms with Crippen LogP contribution in [0.4, 0.5) is 5.00 Å². The second-order valence-corrected chi connectivity index (χ2v) is 10.7. The van der Waals surface area contributed by atoms with Crippen LogP contribution in [0.1, 0.15) is 15.2 Å². The summed E-state index contributed by atoms with van der Waals surface area (Å²) in [6, 6.07) is 17.4. The molecule has 0 bridgehead atoms. The molecule has 0 saturated heterocycles. The molecule has 2 aromatic heterocycles. The molecule has 0 aliphatic heterocycles. The molecule has 2 heterocycles. The molecule has 0 saturated carbocycles. The summed E-state index contributed by atoms with van der Waals surface area (Å²) in [5.41, 5.74) is 2.92. The van der Waals surface area contributed by atoms with Gasteiger partial charge in [0.2, 0.25) is 5.91 Å². The van der Waals surface area contributed by atoms with Crippen LogP contribution in [-0.4, -0.2) is 39.5 Å². The smallest absolute Gasteiger partial charge is 0.341 e. The van der Waals surface area contributed by atoms with Crippen molar-refractivity contribution in [3.8, 4) is 22.5 Å². The normalized spacial score (nSPS) is 10.8. The maximum atomic E-state index is 12.9. The van der Waals surface area contributed by atoms with Crippen molar-refractivity contribution in [1.29, 1.82) is 0 Å². The first-order valence-electron chi connectivity index (χ1n) is 10.9. The fourth-order valence-electron chi connectivity index (χ4n) is 3.68. The topological polar surface area (TPSA) is 86.1 Å². The Bertz CT molecular complexity index is 1400. The molecule has 0 fully saturated rings. The number of aryl methyl sites for hydroxylation is 1. The van der Waals surface area contributed by atoms with E-state index in [0.29, 0.717) is 28.1 Å². The first-order chi connectivity index (χ1) is 17.4. The summed E-state index contributed by atoms with van der Waals surface area (Å²) in [7, 11) is 1.33. The Hall–Kier alpha value is -3.21. The summed E-state index contributed by atoms with van der Waals surface area (Å²) in [4.78, 5) is 26.5. The molecule has 0 atom stereocenters. The standard InChI is InChI=1S/C26H23BrN4O3S2/c1-4-14-31-23(18-10-12-19(27)13-11-18)29-30-26(31)35-15-20(32)28-24-22(25(33)34-3)21(16(2)36-24)17-8-6-5-7-9-17/h4-13H,1,14-15H2,2-3H3,(H,28,32). The van der Waals surface area contributed by atoms with Crippen LogP contribution in [0.25, 0.3) is 22.5 Å². The van der Waals surface area contributed by atoms with Gasteiger partial charge >= 0.3 is 5.97 Å². The number of esters is 1. The molecule has 0 radical (unpaired) electrons. The van der Waals surface area contributed by atoms with Gasteiger partial charge in [0.25, 0.3) is 0 Å². The number of ether oxygens (including phenoxy) is 1. The summed E-state index contributed by atoms with van der Waals surface area (Å²) < 4.78 is 7.92. The molecule has 0 aliphatic carbocycles. The minimum atomic E-state index is -0.494. The number of allylic oxidation sites excluding steroid dienone is 1. The fraction of sp³-hybridized carbons (Fsp3) is 0.154. The van der Waals surface area contributed by atoms with Gasteiger partial charge in [0.05, 0.1) is 12.9 Å². The van der Waals surface area contributed by atoms with Crippen molar-refractivity contribution in [3.05, 3.63) is 82.2 Å². The minimum absolute atomic E-state index is 0.0911. The maximum Gasteiger partial charge on any atom is 0.341 e. The molecule has 0 unspecified atom stereocenters. The second kappa shape index (κ2) is 11.7. The predicted octanol–water partition coefficient (Wildman–Crippen LogP) is 6.45. The number of nitrogens with zero attached hydrogens (tertiary/aromatic N) is 3. The van der Waals surface area contributed by atoms with Crippen molar-refractivity contribution in [2.24, 2.45) is 0 Å². The third-order valence-electron chi connectivity index (χ3n) is 5.25. The molecule has 2 aromatic carbocycles. The largest absolute Gasteiger partial charge is 0.465 e. The second-order valence-electron chi connectivity index (χ2n) is 7.64. The van der Waals surface area contributed by atoms with Gasteiger partial charge in [0, 0.05) is 27.0 Å². The lowest BCUT2D eigenvalue weighted by Crippen LogP contribution is -2.16. The third kappa shape index (κ3) is 5.61. The number of methoxy groups -OCH3 is 1. The van der Waals surface area contributed by atoms with Gasteiger partial charge in [-0.15, -0.1) is 28.1 Å². The molecule has 0 aliphatic rings. The summed E-state index contributed by atoms with van der Waals surface area (Å²) in [5, 5.41) is 12.6. The van der Waals surface area contributed by atoms with Gasteiger partial charge in [-0.3, -0.25) is 9.36 Å². The van der Waals surface area contributed by atoms with Gasteiger partial charge in [-0.25, -0.2) is 4.79 Å². The number of halogens is 1. The number of nitrogens with one attached hydrogen (secondary N) is 1. The Morgan fingerprint density at radius 3 is 2.53 bits per heavy atom. The van der Waals surface area contributed by atoms with E-state index in [2.05, 4.69) is 38.0 Å². The number of hydrogen-bond acceptors (Lipinski definition) is 7. The molecule has 4 aromatic rings. The molecule has 1 amide bonds. The number of thiophene rings is 1. The van der Waals surface area contributed by atoms with E-state index in [9.17, 15) is 9.59 Å². The summed E-state index contributed by atoms with van der Waals surface area (Å²) in [6.07, 6.45) is 1.76. The quantitative estimate of drug-likeness (QED) is 0.139. The van der Waals surface area contributed by atoms with Crippen LogP contribution in [0, 0.1) is 6.92 Å². The number of thioether (sulfide) groups is 1. The molecule has 0 spiro atoms. The van der Waals surface area contributed by atoms with E-state index in [1.165, 1.54) is 30.2 Å². The monoisotopic (exact) mass is 582 g/mol. The van der Waals surface area contributed by atoms with E-state index in [1.54, 1.807) is 6.08 Å². The number of carbonyl (C=O) groups is 2. The van der Waals surface area contributed by atoms with Crippen LogP contribution in [0.3, 0.4) is 0 Å². The molecule has 1 N–H and O–H groups in total. The van der Waals surface area contributed by atoms with E-state index in [4.69, 9.17) is 4.74 Å². The average Bonchev–Trinajstić information content (AvgIpc) is 3.43. The predicted molar refractivity (Wildman–Crippen MR) is 149 cm³/mol. The molecular weight excluding hydrogens is 560 g/mol. The Balaban J connectivity index is 1.54. The SMILES string of the molecule is C=CCn1c(SCC(=O)Nc2sc(C)c(-c3ccccc3)c2C(=O)OC)nnc1-c1ccc(Br)cc1. The summed E-state index contributed by atoms with van der Waals surface area (Å²) >= 11 is 6.06. The van der Waals surface area contributed by atoms with Gasteiger partial charge in [-0.2, -0.15) is 0 Å². The van der Waals surface area contributed by atoms with Gasteiger partial charge in [-0.1, -0.05) is 76.2 Å². The number of amides is 1. The number of rotatable bonds is 9. The highest BCUT2D eigenvalue weighted by Gasteiger charge is 2.25. The summed E-state index contributed by atoms with van der Waals surface area (Å²) in [6.45, 7) is 6.25. The lowest BCUT2D eigenvalue weighted by atomic mass is 10.0. The Labute approximate surface area is 225 Å². The Morgan fingerprint density at radius 2 is 1.86 bits per heavy atom. The first kappa shape index (κ1) is 25.9. The van der Waals surface area contributed by atoms with Crippen LogP contribution in [-0.2, 0) is 16.1 Å². The van der Waals surface area contributed by atoms with Crippen LogP contribution < -0.4 is 5.32 Å². The van der Waals surface area contributed by atoms with Gasteiger partial charge in [0.1, 0.15) is 10.6 Å². The van der Waals surface area contributed by atoms with Gasteiger partial charge < -0.3 is 10.1 Å². The molecule has 7 nitrogen and oxygen atoms in total. The summed E-state index contributed by atoms with van der Waals surface area (Å²) in [5.74, 6) is 0.0310. The zero-order chi connectivity index (χ0) is 25.7. The molecule has 10 heteroatoms. The maximum absolute atomic E-state index is 12.9. The molecule has 4 rings (SSSR count). The minimum Gasteiger partial charge on any atom is -0.465 e. The van der Waals surface area contributed by atoms with E-state index in [1.807, 2.05) is 66.1 Å². The lowest BCUT2D eigenvalue weighted by molar-refractivity contribution is -0.113. The highest BCUT2D eigenvalue weighted by molar-refractivity contribution is 9.10. The van der Waals surface area contributed by atoms with Gasteiger partial charge in [0.15, 0.2) is 11.0 Å². The van der Waals surface area contributed by atoms with Crippen LogP contribution in [0.2, 0.25) is 0 Å². The van der Waals surface area contributed by atoms with Crippen molar-refractivity contribution in [3.63, 3.8) is 0 Å². The number of hydrogen-bond donors (Lipinski definition) is 1. The number of benzene rings is 2. The molecule has 184 valence electrons. The van der Waals surface area contributed by atoms with Gasteiger partial charge in [-0.05, 0) is 24.6 Å². The molecule has 36 heavy (non-hydrogen) atoms. The highest BCUT2D eigenvalue weighted by atomic mass is 79.9. The number of carbonyl (C=O) groups excluding carboxylic acids is 2. The zero-order valence-electron chi connectivity index (χ0n) is 19.7. The third-order valence-corrected chi connectivity index (χ3v) is 7.77. The highest BCUT2D eigenvalue weighted by Crippen LogP contribution is 2.40. The van der Waals surface area contributed by atoms with E-state index < -0.39 is 5.97 Å². The molecular formula is C26H23BrN4O3S2. The number of anilines is 1. The van der Waals surface area contributed by atoms with Crippen LogP contribution >= 0.6 is 39.0 Å². The van der Waals surface area contributed by atoms with E-state index in [-0.39, 0.29) is 11.7 Å². The Kier molecular flexibility index (Phi) is 8.40.